The molecule has 2 rings (SSSR count). The minimum Gasteiger partial charge on any atom is -1.00 e. The monoisotopic (exact) mass is 252 g/mol. The largest absolute Gasteiger partial charge is 1.00 e. The van der Waals surface area contributed by atoms with Crippen molar-refractivity contribution in [1.29, 1.82) is 0 Å². The number of esters is 1. The molecule has 0 fully saturated rings. The Labute approximate surface area is 145 Å². The number of ether oxygens (including phenoxy) is 1. The average Bonchev–Trinajstić information content (AvgIpc) is 2.38. The van der Waals surface area contributed by atoms with Gasteiger partial charge in [0.1, 0.15) is 6.61 Å². The molecular formula is C14H13KO2. The molecule has 0 aliphatic rings. The fraction of sp³-hybridized carbons (Fsp3) is 0.0714. The molecule has 0 aliphatic heterocycles. The molecule has 0 bridgehead atoms. The number of carbonyl (C=O) groups excluding carboxylic acids is 1. The van der Waals surface area contributed by atoms with Crippen molar-refractivity contribution in [3.05, 3.63) is 71.8 Å². The quantitative estimate of drug-likeness (QED) is 0.574. The average molecular weight is 252 g/mol. The van der Waals surface area contributed by atoms with E-state index in [1.54, 1.807) is 12.1 Å². The van der Waals surface area contributed by atoms with Gasteiger partial charge in [0.25, 0.3) is 0 Å². The van der Waals surface area contributed by atoms with Gasteiger partial charge in [0, 0.05) is 0 Å². The second kappa shape index (κ2) is 7.79. The second-order valence-corrected chi connectivity index (χ2v) is 3.43. The third-order valence-corrected chi connectivity index (χ3v) is 2.22. The van der Waals surface area contributed by atoms with Gasteiger partial charge < -0.3 is 6.16 Å². The Morgan fingerprint density at radius 2 is 1.47 bits per heavy atom. The van der Waals surface area contributed by atoms with E-state index < -0.39 is 0 Å². The molecule has 0 radical (unpaired) electrons. The van der Waals surface area contributed by atoms with Gasteiger partial charge in [-0.2, -0.15) is 0 Å². The number of rotatable bonds is 3. The Hall–Kier alpha value is -0.454. The summed E-state index contributed by atoms with van der Waals surface area (Å²) >= 11 is 0. The summed E-state index contributed by atoms with van der Waals surface area (Å²) in [5, 5.41) is 0. The Morgan fingerprint density at radius 3 is 2.06 bits per heavy atom. The zero-order valence-corrected chi connectivity index (χ0v) is 12.9. The number of hydrogen-bond acceptors (Lipinski definition) is 2. The van der Waals surface area contributed by atoms with Crippen LogP contribution in [0.4, 0.5) is 0 Å². The van der Waals surface area contributed by atoms with E-state index in [1.807, 2.05) is 48.5 Å². The van der Waals surface area contributed by atoms with Crippen LogP contribution in [-0.2, 0) is 11.3 Å². The van der Waals surface area contributed by atoms with E-state index in [0.29, 0.717) is 12.2 Å². The molecule has 0 amide bonds. The zero-order chi connectivity index (χ0) is 11.2. The standard InChI is InChI=1S/C14H12O2.K.H/c15-14(13-9-5-2-6-10-13)16-11-12-7-3-1-4-8-12;;/h1-10H,11H2;;/q;+1;-1. The van der Waals surface area contributed by atoms with Crippen LogP contribution in [0.3, 0.4) is 0 Å². The van der Waals surface area contributed by atoms with E-state index in [9.17, 15) is 4.79 Å². The predicted molar refractivity (Wildman–Crippen MR) is 63.1 cm³/mol. The summed E-state index contributed by atoms with van der Waals surface area (Å²) in [4.78, 5) is 11.6. The number of hydrogen-bond donors (Lipinski definition) is 0. The van der Waals surface area contributed by atoms with Gasteiger partial charge in [-0.15, -0.1) is 0 Å². The Kier molecular flexibility index (Phi) is 6.70. The van der Waals surface area contributed by atoms with Crippen molar-refractivity contribution in [3.8, 4) is 0 Å². The van der Waals surface area contributed by atoms with Crippen LogP contribution < -0.4 is 51.4 Å². The Bertz CT molecular complexity index is 460. The van der Waals surface area contributed by atoms with Gasteiger partial charge >= 0.3 is 57.4 Å². The van der Waals surface area contributed by atoms with Crippen molar-refractivity contribution < 1.29 is 62.3 Å². The normalized spacial score (nSPS) is 9.18. The summed E-state index contributed by atoms with van der Waals surface area (Å²) in [5.74, 6) is -0.288. The van der Waals surface area contributed by atoms with Crippen molar-refractivity contribution in [2.24, 2.45) is 0 Å². The van der Waals surface area contributed by atoms with Crippen LogP contribution in [0.15, 0.2) is 60.7 Å². The summed E-state index contributed by atoms with van der Waals surface area (Å²) in [6, 6.07) is 18.6. The van der Waals surface area contributed by atoms with Gasteiger partial charge in [0.05, 0.1) is 5.56 Å². The smallest absolute Gasteiger partial charge is 1.00 e. The molecule has 0 saturated carbocycles. The first kappa shape index (κ1) is 14.6. The first-order valence-electron chi connectivity index (χ1n) is 5.12. The Morgan fingerprint density at radius 1 is 0.941 bits per heavy atom. The minimum absolute atomic E-state index is 0. The summed E-state index contributed by atoms with van der Waals surface area (Å²) in [6.07, 6.45) is 0. The molecule has 0 unspecified atom stereocenters. The van der Waals surface area contributed by atoms with Crippen LogP contribution in [0.5, 0.6) is 0 Å². The molecule has 82 valence electrons. The molecule has 0 saturated heterocycles. The van der Waals surface area contributed by atoms with Crippen molar-refractivity contribution in [2.75, 3.05) is 0 Å². The SMILES string of the molecule is O=C(OCc1ccccc1)c1ccccc1.[H-].[K+]. The van der Waals surface area contributed by atoms with E-state index in [2.05, 4.69) is 0 Å². The maximum absolute atomic E-state index is 11.6. The third-order valence-electron chi connectivity index (χ3n) is 2.22. The molecule has 2 aromatic rings. The van der Waals surface area contributed by atoms with Gasteiger partial charge in [0.15, 0.2) is 0 Å². The van der Waals surface area contributed by atoms with E-state index >= 15 is 0 Å². The van der Waals surface area contributed by atoms with E-state index in [0.717, 1.165) is 5.56 Å². The summed E-state index contributed by atoms with van der Waals surface area (Å²) in [6.45, 7) is 0.314. The van der Waals surface area contributed by atoms with Crippen molar-refractivity contribution in [3.63, 3.8) is 0 Å². The topological polar surface area (TPSA) is 26.3 Å². The van der Waals surface area contributed by atoms with Crippen molar-refractivity contribution >= 4 is 5.97 Å². The second-order valence-electron chi connectivity index (χ2n) is 3.43. The maximum atomic E-state index is 11.6. The van der Waals surface area contributed by atoms with Crippen LogP contribution in [0, 0.1) is 0 Å². The fourth-order valence-corrected chi connectivity index (χ4v) is 1.38. The van der Waals surface area contributed by atoms with Crippen molar-refractivity contribution in [1.82, 2.24) is 0 Å². The molecule has 0 spiro atoms. The molecular weight excluding hydrogens is 239 g/mol. The van der Waals surface area contributed by atoms with Crippen LogP contribution >= 0.6 is 0 Å². The maximum Gasteiger partial charge on any atom is 1.00 e. The molecule has 2 aromatic carbocycles. The van der Waals surface area contributed by atoms with Gasteiger partial charge in [-0.1, -0.05) is 48.5 Å². The minimum atomic E-state index is -0.288. The molecule has 17 heavy (non-hydrogen) atoms. The van der Waals surface area contributed by atoms with E-state index in [-0.39, 0.29) is 58.8 Å². The fourth-order valence-electron chi connectivity index (χ4n) is 1.38. The molecule has 0 N–H and O–H groups in total. The molecule has 0 atom stereocenters. The first-order valence-corrected chi connectivity index (χ1v) is 5.12. The molecule has 0 heterocycles. The van der Waals surface area contributed by atoms with E-state index in [1.165, 1.54) is 0 Å². The van der Waals surface area contributed by atoms with Gasteiger partial charge in [-0.05, 0) is 17.7 Å². The van der Waals surface area contributed by atoms with Crippen LogP contribution in [0.25, 0.3) is 0 Å². The number of carbonyl (C=O) groups is 1. The summed E-state index contributed by atoms with van der Waals surface area (Å²) in [5.41, 5.74) is 1.57. The molecule has 0 aromatic heterocycles. The van der Waals surface area contributed by atoms with E-state index in [4.69, 9.17) is 4.74 Å². The van der Waals surface area contributed by atoms with Gasteiger partial charge in [-0.25, -0.2) is 4.79 Å². The van der Waals surface area contributed by atoms with Gasteiger partial charge in [-0.3, -0.25) is 0 Å². The summed E-state index contributed by atoms with van der Waals surface area (Å²) in [7, 11) is 0. The molecule has 3 heteroatoms. The van der Waals surface area contributed by atoms with Gasteiger partial charge in [0.2, 0.25) is 0 Å². The zero-order valence-electron chi connectivity index (χ0n) is 10.8. The Balaban J connectivity index is 0.00000144. The van der Waals surface area contributed by atoms with Crippen LogP contribution in [-0.4, -0.2) is 5.97 Å². The third kappa shape index (κ3) is 4.73. The predicted octanol–water partition coefficient (Wildman–Crippen LogP) is 0.160. The first-order chi connectivity index (χ1) is 7.86. The molecule has 0 aliphatic carbocycles. The van der Waals surface area contributed by atoms with Crippen LogP contribution in [0.1, 0.15) is 17.3 Å². The van der Waals surface area contributed by atoms with Crippen molar-refractivity contribution in [2.45, 2.75) is 6.61 Å². The van der Waals surface area contributed by atoms with Crippen LogP contribution in [0.2, 0.25) is 0 Å². The number of benzene rings is 2. The summed E-state index contributed by atoms with van der Waals surface area (Å²) < 4.78 is 5.18. The molecule has 2 nitrogen and oxygen atoms in total.